The summed E-state index contributed by atoms with van der Waals surface area (Å²) in [7, 11) is 3.29. The lowest BCUT2D eigenvalue weighted by Crippen LogP contribution is -2.22. The van der Waals surface area contributed by atoms with Crippen molar-refractivity contribution in [2.24, 2.45) is 0 Å². The van der Waals surface area contributed by atoms with Crippen LogP contribution in [0.4, 0.5) is 5.69 Å². The monoisotopic (exact) mass is 375 g/mol. The average Bonchev–Trinajstić information content (AvgIpc) is 3.25. The Kier molecular flexibility index (Phi) is 4.87. The van der Waals surface area contributed by atoms with Gasteiger partial charge >= 0.3 is 0 Å². The first kappa shape index (κ1) is 17.2. The zero-order chi connectivity index (χ0) is 18.0. The largest absolute Gasteiger partial charge is 0.462 e. The number of rotatable bonds is 4. The molecule has 0 atom stereocenters. The molecule has 0 fully saturated rings. The summed E-state index contributed by atoms with van der Waals surface area (Å²) in [6, 6.07) is 8.28. The van der Waals surface area contributed by atoms with Crippen LogP contribution >= 0.6 is 22.9 Å². The number of halogens is 1. The maximum Gasteiger partial charge on any atom is 0.275 e. The van der Waals surface area contributed by atoms with E-state index < -0.39 is 0 Å². The van der Waals surface area contributed by atoms with Gasteiger partial charge in [0.25, 0.3) is 11.8 Å². The van der Waals surface area contributed by atoms with Crippen LogP contribution in [-0.2, 0) is 0 Å². The van der Waals surface area contributed by atoms with Gasteiger partial charge in [0.1, 0.15) is 5.69 Å². The van der Waals surface area contributed by atoms with Crippen molar-refractivity contribution in [2.75, 3.05) is 19.4 Å². The highest BCUT2D eigenvalue weighted by molar-refractivity contribution is 7.13. The number of nitrogens with zero attached hydrogens (tertiary/aromatic N) is 2. The number of carbonyl (C=O) groups excluding carboxylic acids is 2. The molecule has 0 unspecified atom stereocenters. The summed E-state index contributed by atoms with van der Waals surface area (Å²) in [5, 5.41) is 5.26. The highest BCUT2D eigenvalue weighted by Gasteiger charge is 2.16. The molecule has 0 aliphatic heterocycles. The normalized spacial score (nSPS) is 10.5. The van der Waals surface area contributed by atoms with Crippen LogP contribution in [0.25, 0.3) is 10.8 Å². The maximum absolute atomic E-state index is 12.3. The van der Waals surface area contributed by atoms with Crippen molar-refractivity contribution >= 4 is 40.4 Å². The summed E-state index contributed by atoms with van der Waals surface area (Å²) in [5.74, 6) is 0.0425. The third-order valence-corrected chi connectivity index (χ3v) is 4.50. The lowest BCUT2D eigenvalue weighted by atomic mass is 10.2. The summed E-state index contributed by atoms with van der Waals surface area (Å²) >= 11 is 7.46. The number of aromatic nitrogens is 1. The molecule has 0 aliphatic rings. The van der Waals surface area contributed by atoms with Crippen LogP contribution in [0.2, 0.25) is 5.02 Å². The SMILES string of the molecule is CN(C)C(=O)c1ccc(NC(=O)c2csc(-c3ccco3)n2)cc1Cl. The molecule has 2 amide bonds. The second-order valence-corrected chi connectivity index (χ2v) is 6.63. The Morgan fingerprint density at radius 2 is 2.08 bits per heavy atom. The molecule has 0 bridgehead atoms. The van der Waals surface area contributed by atoms with Gasteiger partial charge in [-0.2, -0.15) is 0 Å². The van der Waals surface area contributed by atoms with Gasteiger partial charge in [-0.05, 0) is 30.3 Å². The maximum atomic E-state index is 12.3. The quantitative estimate of drug-likeness (QED) is 0.747. The fourth-order valence-electron chi connectivity index (χ4n) is 2.09. The van der Waals surface area contributed by atoms with Crippen molar-refractivity contribution in [2.45, 2.75) is 0 Å². The molecule has 8 heteroatoms. The van der Waals surface area contributed by atoms with Crippen molar-refractivity contribution < 1.29 is 14.0 Å². The third-order valence-electron chi connectivity index (χ3n) is 3.33. The molecule has 2 heterocycles. The fraction of sp³-hybridized carbons (Fsp3) is 0.118. The molecule has 3 aromatic rings. The fourth-order valence-corrected chi connectivity index (χ4v) is 3.12. The Bertz CT molecular complexity index is 919. The number of hydrogen-bond acceptors (Lipinski definition) is 5. The number of furan rings is 1. The number of hydrogen-bond donors (Lipinski definition) is 1. The van der Waals surface area contributed by atoms with Gasteiger partial charge in [0.2, 0.25) is 0 Å². The molecule has 3 rings (SSSR count). The van der Waals surface area contributed by atoms with Gasteiger partial charge in [0.15, 0.2) is 10.8 Å². The molecule has 0 spiro atoms. The minimum Gasteiger partial charge on any atom is -0.462 e. The van der Waals surface area contributed by atoms with E-state index in [1.165, 1.54) is 22.3 Å². The number of nitrogens with one attached hydrogen (secondary N) is 1. The standard InChI is InChI=1S/C17H14ClN3O3S/c1-21(2)17(23)11-6-5-10(8-12(11)18)19-15(22)13-9-25-16(20-13)14-4-3-7-24-14/h3-9H,1-2H3,(H,19,22). The van der Waals surface area contributed by atoms with E-state index in [4.69, 9.17) is 16.0 Å². The highest BCUT2D eigenvalue weighted by atomic mass is 35.5. The summed E-state index contributed by atoms with van der Waals surface area (Å²) in [6.07, 6.45) is 1.55. The van der Waals surface area contributed by atoms with Gasteiger partial charge in [0, 0.05) is 25.2 Å². The molecule has 2 aromatic heterocycles. The van der Waals surface area contributed by atoms with Gasteiger partial charge in [-0.1, -0.05) is 11.6 Å². The van der Waals surface area contributed by atoms with Gasteiger partial charge in [-0.3, -0.25) is 9.59 Å². The molecule has 0 radical (unpaired) electrons. The van der Waals surface area contributed by atoms with Crippen LogP contribution in [0.5, 0.6) is 0 Å². The number of amides is 2. The predicted molar refractivity (Wildman–Crippen MR) is 97.2 cm³/mol. The van der Waals surface area contributed by atoms with E-state index in [1.54, 1.807) is 50.0 Å². The molecule has 0 saturated heterocycles. The van der Waals surface area contributed by atoms with Gasteiger partial charge in [-0.15, -0.1) is 11.3 Å². The molecule has 6 nitrogen and oxygen atoms in total. The van der Waals surface area contributed by atoms with Crippen molar-refractivity contribution in [1.82, 2.24) is 9.88 Å². The van der Waals surface area contributed by atoms with Gasteiger partial charge in [-0.25, -0.2) is 4.98 Å². The molecule has 25 heavy (non-hydrogen) atoms. The number of anilines is 1. The predicted octanol–water partition coefficient (Wildman–Crippen LogP) is 4.01. The van der Waals surface area contributed by atoms with E-state index in [-0.39, 0.29) is 22.5 Å². The minimum atomic E-state index is -0.364. The van der Waals surface area contributed by atoms with E-state index in [2.05, 4.69) is 10.3 Å². The third kappa shape index (κ3) is 3.72. The molecule has 128 valence electrons. The van der Waals surface area contributed by atoms with Crippen LogP contribution in [0.15, 0.2) is 46.4 Å². The molecule has 1 aromatic carbocycles. The van der Waals surface area contributed by atoms with Crippen molar-refractivity contribution in [3.05, 3.63) is 58.3 Å². The molecule has 0 aliphatic carbocycles. The van der Waals surface area contributed by atoms with Gasteiger partial charge < -0.3 is 14.6 Å². The van der Waals surface area contributed by atoms with Crippen LogP contribution < -0.4 is 5.32 Å². The van der Waals surface area contributed by atoms with E-state index in [9.17, 15) is 9.59 Å². The smallest absolute Gasteiger partial charge is 0.275 e. The first-order chi connectivity index (χ1) is 12.0. The number of thiazole rings is 1. The lowest BCUT2D eigenvalue weighted by Gasteiger charge is -2.12. The van der Waals surface area contributed by atoms with E-state index in [0.717, 1.165) is 0 Å². The second kappa shape index (κ2) is 7.08. The summed E-state index contributed by atoms with van der Waals surface area (Å²) in [4.78, 5) is 30.0. The Balaban J connectivity index is 1.75. The van der Waals surface area contributed by atoms with Crippen molar-refractivity contribution in [1.29, 1.82) is 0 Å². The molecule has 0 saturated carbocycles. The summed E-state index contributed by atoms with van der Waals surface area (Å²) in [5.41, 5.74) is 1.14. The first-order valence-corrected chi connectivity index (χ1v) is 8.53. The van der Waals surface area contributed by atoms with Crippen LogP contribution in [0.3, 0.4) is 0 Å². The zero-order valence-electron chi connectivity index (χ0n) is 13.4. The molecular formula is C17H14ClN3O3S. The Morgan fingerprint density at radius 1 is 1.28 bits per heavy atom. The molecular weight excluding hydrogens is 362 g/mol. The summed E-state index contributed by atoms with van der Waals surface area (Å²) in [6.45, 7) is 0. The van der Waals surface area contributed by atoms with Gasteiger partial charge in [0.05, 0.1) is 16.8 Å². The Morgan fingerprint density at radius 3 is 2.72 bits per heavy atom. The Hall–Kier alpha value is -2.64. The zero-order valence-corrected chi connectivity index (χ0v) is 15.0. The lowest BCUT2D eigenvalue weighted by molar-refractivity contribution is 0.0827. The Labute approximate surface area is 153 Å². The van der Waals surface area contributed by atoms with E-state index in [0.29, 0.717) is 22.0 Å². The average molecular weight is 376 g/mol. The highest BCUT2D eigenvalue weighted by Crippen LogP contribution is 2.25. The van der Waals surface area contributed by atoms with Crippen LogP contribution in [-0.4, -0.2) is 35.8 Å². The van der Waals surface area contributed by atoms with Crippen molar-refractivity contribution in [3.63, 3.8) is 0 Å². The molecule has 1 N–H and O–H groups in total. The van der Waals surface area contributed by atoms with E-state index >= 15 is 0 Å². The summed E-state index contributed by atoms with van der Waals surface area (Å²) < 4.78 is 5.26. The van der Waals surface area contributed by atoms with Crippen LogP contribution in [0, 0.1) is 0 Å². The van der Waals surface area contributed by atoms with Crippen LogP contribution in [0.1, 0.15) is 20.8 Å². The number of carbonyl (C=O) groups is 2. The second-order valence-electron chi connectivity index (χ2n) is 5.36. The minimum absolute atomic E-state index is 0.203. The number of benzene rings is 1. The first-order valence-electron chi connectivity index (χ1n) is 7.27. The van der Waals surface area contributed by atoms with E-state index in [1.807, 2.05) is 0 Å². The topological polar surface area (TPSA) is 75.4 Å². The van der Waals surface area contributed by atoms with Crippen molar-refractivity contribution in [3.8, 4) is 10.8 Å².